The first-order chi connectivity index (χ1) is 10.5. The van der Waals surface area contributed by atoms with Crippen LogP contribution in [0.1, 0.15) is 6.92 Å². The van der Waals surface area contributed by atoms with Crippen molar-refractivity contribution in [2.45, 2.75) is 13.0 Å². The fraction of sp³-hybridized carbons (Fsp3) is 0.533. The Bertz CT molecular complexity index is 520. The first-order valence-corrected chi connectivity index (χ1v) is 8.00. The zero-order valence-electron chi connectivity index (χ0n) is 12.5. The molecular weight excluding hydrogens is 327 g/mol. The van der Waals surface area contributed by atoms with Crippen molar-refractivity contribution in [2.24, 2.45) is 0 Å². The number of aliphatic hydroxyl groups excluding tert-OH is 1. The third kappa shape index (κ3) is 4.49. The summed E-state index contributed by atoms with van der Waals surface area (Å²) in [6.45, 7) is 5.31. The topological polar surface area (TPSA) is 53.0 Å². The number of benzene rings is 1. The summed E-state index contributed by atoms with van der Waals surface area (Å²) in [6, 6.07) is 4.92. The molecule has 1 unspecified atom stereocenters. The van der Waals surface area contributed by atoms with E-state index in [9.17, 15) is 4.79 Å². The van der Waals surface area contributed by atoms with Gasteiger partial charge in [-0.3, -0.25) is 9.69 Å². The molecule has 1 aromatic rings. The Morgan fingerprint density at radius 3 is 2.59 bits per heavy atom. The van der Waals surface area contributed by atoms with Gasteiger partial charge in [0.25, 0.3) is 5.91 Å². The van der Waals surface area contributed by atoms with E-state index < -0.39 is 6.10 Å². The van der Waals surface area contributed by atoms with Crippen molar-refractivity contribution in [3.63, 3.8) is 0 Å². The van der Waals surface area contributed by atoms with Crippen molar-refractivity contribution in [1.82, 2.24) is 9.80 Å². The van der Waals surface area contributed by atoms with E-state index in [2.05, 4.69) is 4.90 Å². The van der Waals surface area contributed by atoms with Crippen LogP contribution in [0.25, 0.3) is 0 Å². The lowest BCUT2D eigenvalue weighted by Crippen LogP contribution is -2.52. The molecule has 0 saturated carbocycles. The Balaban J connectivity index is 1.90. The van der Waals surface area contributed by atoms with Gasteiger partial charge in [0, 0.05) is 37.7 Å². The summed E-state index contributed by atoms with van der Waals surface area (Å²) in [4.78, 5) is 16.3. The van der Waals surface area contributed by atoms with Gasteiger partial charge in [0.05, 0.1) is 11.6 Å². The van der Waals surface area contributed by atoms with Crippen LogP contribution in [0.2, 0.25) is 10.0 Å². The molecule has 0 aromatic heterocycles. The predicted molar refractivity (Wildman–Crippen MR) is 86.7 cm³/mol. The number of nitrogens with zero attached hydrogens (tertiary/aromatic N) is 2. The molecule has 5 nitrogen and oxygen atoms in total. The van der Waals surface area contributed by atoms with E-state index in [-0.39, 0.29) is 12.5 Å². The normalized spacial score (nSPS) is 17.4. The van der Waals surface area contributed by atoms with E-state index in [1.807, 2.05) is 0 Å². The Morgan fingerprint density at radius 1 is 1.32 bits per heavy atom. The van der Waals surface area contributed by atoms with Gasteiger partial charge >= 0.3 is 0 Å². The van der Waals surface area contributed by atoms with Crippen molar-refractivity contribution >= 4 is 29.1 Å². The summed E-state index contributed by atoms with van der Waals surface area (Å²) < 4.78 is 5.65. The van der Waals surface area contributed by atoms with Gasteiger partial charge in [-0.15, -0.1) is 0 Å². The van der Waals surface area contributed by atoms with Crippen LogP contribution < -0.4 is 4.74 Å². The molecule has 1 atom stereocenters. The zero-order chi connectivity index (χ0) is 16.1. The summed E-state index contributed by atoms with van der Waals surface area (Å²) >= 11 is 11.9. The fourth-order valence-corrected chi connectivity index (χ4v) is 2.86. The van der Waals surface area contributed by atoms with E-state index in [4.69, 9.17) is 33.0 Å². The maximum atomic E-state index is 12.4. The van der Waals surface area contributed by atoms with Crippen molar-refractivity contribution in [3.05, 3.63) is 28.2 Å². The Morgan fingerprint density at radius 2 is 2.00 bits per heavy atom. The fourth-order valence-electron chi connectivity index (χ4n) is 2.40. The molecule has 22 heavy (non-hydrogen) atoms. The molecule has 1 N–H and O–H groups in total. The maximum Gasteiger partial charge on any atom is 0.263 e. The number of aliphatic hydroxyl groups is 1. The Kier molecular flexibility index (Phi) is 6.32. The summed E-state index contributed by atoms with van der Waals surface area (Å²) in [6.07, 6.45) is -0.608. The molecule has 2 rings (SSSR count). The number of amides is 1. The number of rotatable bonds is 5. The minimum absolute atomic E-state index is 0.0605. The second kappa shape index (κ2) is 8.02. The highest BCUT2D eigenvalue weighted by molar-refractivity contribution is 6.35. The van der Waals surface area contributed by atoms with E-state index in [0.29, 0.717) is 35.4 Å². The minimum atomic E-state index is -0.608. The highest BCUT2D eigenvalue weighted by atomic mass is 35.5. The second-order valence-corrected chi connectivity index (χ2v) is 6.07. The molecule has 0 spiro atoms. The van der Waals surface area contributed by atoms with Gasteiger partial charge in [0.15, 0.2) is 6.10 Å². The number of hydrogen-bond donors (Lipinski definition) is 1. The van der Waals surface area contributed by atoms with E-state index in [1.54, 1.807) is 30.0 Å². The Hall–Kier alpha value is -1.01. The van der Waals surface area contributed by atoms with Crippen LogP contribution in [-0.4, -0.2) is 66.2 Å². The number of halogens is 2. The van der Waals surface area contributed by atoms with Crippen molar-refractivity contribution in [2.75, 3.05) is 39.3 Å². The van der Waals surface area contributed by atoms with Gasteiger partial charge in [0.1, 0.15) is 5.75 Å². The van der Waals surface area contributed by atoms with Crippen LogP contribution in [0.5, 0.6) is 5.75 Å². The number of β-amino-alcohol motifs (C(OH)–C–C–N with tert-alkyl or cyclic N) is 1. The van der Waals surface area contributed by atoms with Crippen molar-refractivity contribution in [1.29, 1.82) is 0 Å². The predicted octanol–water partition coefficient (Wildman–Crippen LogP) is 1.90. The molecule has 1 aliphatic rings. The van der Waals surface area contributed by atoms with E-state index in [0.717, 1.165) is 13.1 Å². The van der Waals surface area contributed by atoms with Crippen molar-refractivity contribution in [3.8, 4) is 5.75 Å². The largest absolute Gasteiger partial charge is 0.479 e. The van der Waals surface area contributed by atoms with Crippen LogP contribution in [0.3, 0.4) is 0 Å². The van der Waals surface area contributed by atoms with Crippen LogP contribution in [-0.2, 0) is 4.79 Å². The summed E-state index contributed by atoms with van der Waals surface area (Å²) in [5.41, 5.74) is 0. The molecule has 1 amide bonds. The molecule has 1 saturated heterocycles. The third-order valence-corrected chi connectivity index (χ3v) is 4.18. The molecular formula is C15H20Cl2N2O3. The third-order valence-electron chi connectivity index (χ3n) is 3.65. The number of piperazine rings is 1. The van der Waals surface area contributed by atoms with Gasteiger partial charge in [-0.2, -0.15) is 0 Å². The Labute approximate surface area is 140 Å². The van der Waals surface area contributed by atoms with Crippen LogP contribution in [0, 0.1) is 0 Å². The quantitative estimate of drug-likeness (QED) is 0.884. The van der Waals surface area contributed by atoms with Gasteiger partial charge in [-0.1, -0.05) is 23.2 Å². The molecule has 0 radical (unpaired) electrons. The smallest absolute Gasteiger partial charge is 0.263 e. The molecule has 1 aliphatic heterocycles. The highest BCUT2D eigenvalue weighted by Crippen LogP contribution is 2.28. The standard InChI is InChI=1S/C15H20Cl2N2O3/c1-11(22-14-3-2-12(16)10-13(14)17)15(21)19-6-4-18(5-7-19)8-9-20/h2-3,10-11,20H,4-9H2,1H3. The average molecular weight is 347 g/mol. The highest BCUT2D eigenvalue weighted by Gasteiger charge is 2.26. The van der Waals surface area contributed by atoms with Crippen molar-refractivity contribution < 1.29 is 14.6 Å². The van der Waals surface area contributed by atoms with Gasteiger partial charge in [-0.25, -0.2) is 0 Å². The lowest BCUT2D eigenvalue weighted by Gasteiger charge is -2.35. The van der Waals surface area contributed by atoms with E-state index >= 15 is 0 Å². The molecule has 7 heteroatoms. The molecule has 122 valence electrons. The molecule has 1 fully saturated rings. The maximum absolute atomic E-state index is 12.4. The summed E-state index contributed by atoms with van der Waals surface area (Å²) in [5.74, 6) is 0.389. The lowest BCUT2D eigenvalue weighted by molar-refractivity contribution is -0.139. The van der Waals surface area contributed by atoms with Crippen LogP contribution in [0.4, 0.5) is 0 Å². The first-order valence-electron chi connectivity index (χ1n) is 7.25. The number of hydrogen-bond acceptors (Lipinski definition) is 4. The molecule has 1 heterocycles. The van der Waals surface area contributed by atoms with Gasteiger partial charge in [-0.05, 0) is 25.1 Å². The monoisotopic (exact) mass is 346 g/mol. The zero-order valence-corrected chi connectivity index (χ0v) is 14.0. The van der Waals surface area contributed by atoms with E-state index in [1.165, 1.54) is 0 Å². The van der Waals surface area contributed by atoms with Gasteiger partial charge in [0.2, 0.25) is 0 Å². The van der Waals surface area contributed by atoms with Crippen LogP contribution in [0.15, 0.2) is 18.2 Å². The minimum Gasteiger partial charge on any atom is -0.479 e. The molecule has 1 aromatic carbocycles. The SMILES string of the molecule is CC(Oc1ccc(Cl)cc1Cl)C(=O)N1CCN(CCO)CC1. The molecule has 0 aliphatic carbocycles. The first kappa shape index (κ1) is 17.3. The second-order valence-electron chi connectivity index (χ2n) is 5.23. The average Bonchev–Trinajstić information content (AvgIpc) is 2.50. The lowest BCUT2D eigenvalue weighted by atomic mass is 10.2. The number of carbonyl (C=O) groups excluding carboxylic acids is 1. The molecule has 0 bridgehead atoms. The number of ether oxygens (including phenoxy) is 1. The summed E-state index contributed by atoms with van der Waals surface area (Å²) in [7, 11) is 0. The van der Waals surface area contributed by atoms with Crippen LogP contribution >= 0.6 is 23.2 Å². The number of carbonyl (C=O) groups is 1. The summed E-state index contributed by atoms with van der Waals surface area (Å²) in [5, 5.41) is 9.84. The van der Waals surface area contributed by atoms with Gasteiger partial charge < -0.3 is 14.7 Å².